The first kappa shape index (κ1) is 14.3. The number of rotatable bonds is 5. The summed E-state index contributed by atoms with van der Waals surface area (Å²) in [5.74, 6) is 6.72. The van der Waals surface area contributed by atoms with Crippen LogP contribution in [0.25, 0.3) is 0 Å². The maximum Gasteiger partial charge on any atom is 0.210 e. The van der Waals surface area contributed by atoms with Crippen LogP contribution >= 0.6 is 0 Å². The monoisotopic (exact) mass is 252 g/mol. The molecule has 0 atom stereocenters. The third-order valence-corrected chi connectivity index (χ3v) is 2.39. The Morgan fingerprint density at radius 1 is 1.39 bits per heavy atom. The zero-order valence-corrected chi connectivity index (χ0v) is 11.0. The molecule has 6 nitrogen and oxygen atoms in total. The summed E-state index contributed by atoms with van der Waals surface area (Å²) in [6.45, 7) is 3.07. The molecule has 100 valence electrons. The van der Waals surface area contributed by atoms with Gasteiger partial charge < -0.3 is 14.8 Å². The first-order valence-electron chi connectivity index (χ1n) is 5.63. The zero-order chi connectivity index (χ0) is 13.4. The second-order valence-electron chi connectivity index (χ2n) is 3.67. The van der Waals surface area contributed by atoms with Gasteiger partial charge in [0.05, 0.1) is 20.3 Å². The van der Waals surface area contributed by atoms with Crippen LogP contribution in [0.15, 0.2) is 23.2 Å². The average Bonchev–Trinajstić information content (AvgIpc) is 2.39. The minimum atomic E-state index is 0.500. The molecule has 4 N–H and O–H groups in total. The molecule has 0 heterocycles. The molecule has 0 aliphatic rings. The van der Waals surface area contributed by atoms with Gasteiger partial charge in [0.25, 0.3) is 0 Å². The number of anilines is 1. The molecule has 0 unspecified atom stereocenters. The highest BCUT2D eigenvalue weighted by atomic mass is 16.5. The third-order valence-electron chi connectivity index (χ3n) is 2.39. The summed E-state index contributed by atoms with van der Waals surface area (Å²) in [6, 6.07) is 5.72. The zero-order valence-electron chi connectivity index (χ0n) is 11.0. The summed E-state index contributed by atoms with van der Waals surface area (Å²) in [5.41, 5.74) is 4.48. The van der Waals surface area contributed by atoms with Crippen molar-refractivity contribution in [1.82, 2.24) is 5.43 Å². The molecule has 0 spiro atoms. The fraction of sp³-hybridized carbons (Fsp3) is 0.417. The topological polar surface area (TPSA) is 80.9 Å². The molecule has 6 heteroatoms. The van der Waals surface area contributed by atoms with Gasteiger partial charge in [-0.3, -0.25) is 5.43 Å². The Kier molecular flexibility index (Phi) is 5.96. The van der Waals surface area contributed by atoms with E-state index in [0.29, 0.717) is 19.1 Å². The van der Waals surface area contributed by atoms with Crippen molar-refractivity contribution in [2.75, 3.05) is 32.7 Å². The largest absolute Gasteiger partial charge is 0.497 e. The number of hydrazine groups is 1. The molecular weight excluding hydrogens is 232 g/mol. The van der Waals surface area contributed by atoms with Crippen LogP contribution in [0.2, 0.25) is 0 Å². The molecular formula is C12H20N4O2. The summed E-state index contributed by atoms with van der Waals surface area (Å²) in [7, 11) is 3.27. The van der Waals surface area contributed by atoms with E-state index in [0.717, 1.165) is 17.0 Å². The minimum Gasteiger partial charge on any atom is -0.497 e. The van der Waals surface area contributed by atoms with Gasteiger partial charge in [-0.25, -0.2) is 10.8 Å². The van der Waals surface area contributed by atoms with Gasteiger partial charge in [0, 0.05) is 12.8 Å². The number of nitrogens with one attached hydrogen (secondary N) is 2. The molecule has 0 saturated carbocycles. The molecule has 0 saturated heterocycles. The van der Waals surface area contributed by atoms with E-state index >= 15 is 0 Å². The molecule has 1 aromatic rings. The van der Waals surface area contributed by atoms with Crippen LogP contribution in [-0.4, -0.2) is 33.3 Å². The molecule has 0 amide bonds. The normalized spacial score (nSPS) is 11.2. The van der Waals surface area contributed by atoms with Gasteiger partial charge in [0.2, 0.25) is 5.96 Å². The van der Waals surface area contributed by atoms with Gasteiger partial charge in [-0.15, -0.1) is 0 Å². The lowest BCUT2D eigenvalue weighted by Crippen LogP contribution is -2.36. The van der Waals surface area contributed by atoms with Crippen molar-refractivity contribution in [3.05, 3.63) is 23.8 Å². The van der Waals surface area contributed by atoms with Gasteiger partial charge in [0.15, 0.2) is 0 Å². The number of ether oxygens (including phenoxy) is 2. The van der Waals surface area contributed by atoms with E-state index in [1.54, 1.807) is 14.2 Å². The lowest BCUT2D eigenvalue weighted by atomic mass is 10.2. The maximum absolute atomic E-state index is 5.40. The van der Waals surface area contributed by atoms with E-state index in [-0.39, 0.29) is 0 Å². The Morgan fingerprint density at radius 3 is 2.72 bits per heavy atom. The Balaban J connectivity index is 2.72. The predicted octanol–water partition coefficient (Wildman–Crippen LogP) is 0.881. The number of benzene rings is 1. The van der Waals surface area contributed by atoms with Crippen LogP contribution in [-0.2, 0) is 4.74 Å². The highest BCUT2D eigenvalue weighted by molar-refractivity contribution is 5.93. The van der Waals surface area contributed by atoms with Crippen LogP contribution in [0.3, 0.4) is 0 Å². The molecule has 0 bridgehead atoms. The summed E-state index contributed by atoms with van der Waals surface area (Å²) in [6.07, 6.45) is 0. The third kappa shape index (κ3) is 4.23. The number of aliphatic imine (C=N–C) groups is 1. The first-order valence-corrected chi connectivity index (χ1v) is 5.63. The summed E-state index contributed by atoms with van der Waals surface area (Å²) < 4.78 is 10.1. The van der Waals surface area contributed by atoms with E-state index in [1.807, 2.05) is 25.1 Å². The Bertz CT molecular complexity index is 407. The number of hydrogen-bond donors (Lipinski definition) is 3. The quantitative estimate of drug-likeness (QED) is 0.238. The van der Waals surface area contributed by atoms with Gasteiger partial charge >= 0.3 is 0 Å². The van der Waals surface area contributed by atoms with E-state index in [1.165, 1.54) is 0 Å². The van der Waals surface area contributed by atoms with Crippen LogP contribution in [0.1, 0.15) is 5.56 Å². The average molecular weight is 252 g/mol. The van der Waals surface area contributed by atoms with Gasteiger partial charge in [-0.05, 0) is 30.7 Å². The van der Waals surface area contributed by atoms with Crippen molar-refractivity contribution >= 4 is 11.6 Å². The lowest BCUT2D eigenvalue weighted by Gasteiger charge is -2.12. The Hall–Kier alpha value is -1.79. The van der Waals surface area contributed by atoms with Crippen molar-refractivity contribution in [3.63, 3.8) is 0 Å². The van der Waals surface area contributed by atoms with E-state index in [4.69, 9.17) is 15.3 Å². The van der Waals surface area contributed by atoms with Crippen LogP contribution in [0.5, 0.6) is 5.75 Å². The molecule has 0 fully saturated rings. The van der Waals surface area contributed by atoms with E-state index < -0.39 is 0 Å². The van der Waals surface area contributed by atoms with Crippen molar-refractivity contribution in [1.29, 1.82) is 0 Å². The second kappa shape index (κ2) is 7.52. The SMILES string of the molecule is COCCN=C(NN)Nc1ccc(OC)cc1C. The summed E-state index contributed by atoms with van der Waals surface area (Å²) in [5, 5.41) is 3.11. The molecule has 1 rings (SSSR count). The Labute approximate surface area is 107 Å². The highest BCUT2D eigenvalue weighted by Crippen LogP contribution is 2.20. The van der Waals surface area contributed by atoms with Crippen molar-refractivity contribution in [2.45, 2.75) is 6.92 Å². The molecule has 0 aromatic heterocycles. The summed E-state index contributed by atoms with van der Waals surface area (Å²) in [4.78, 5) is 4.22. The fourth-order valence-corrected chi connectivity index (χ4v) is 1.40. The minimum absolute atomic E-state index is 0.500. The van der Waals surface area contributed by atoms with Gasteiger partial charge in [-0.2, -0.15) is 0 Å². The number of guanidine groups is 1. The highest BCUT2D eigenvalue weighted by Gasteiger charge is 2.02. The van der Waals surface area contributed by atoms with E-state index in [9.17, 15) is 0 Å². The molecule has 18 heavy (non-hydrogen) atoms. The number of nitrogens with two attached hydrogens (primary N) is 1. The van der Waals surface area contributed by atoms with E-state index in [2.05, 4.69) is 15.7 Å². The van der Waals surface area contributed by atoms with Crippen molar-refractivity contribution < 1.29 is 9.47 Å². The maximum atomic E-state index is 5.40. The number of methoxy groups -OCH3 is 2. The van der Waals surface area contributed by atoms with Crippen LogP contribution < -0.4 is 21.3 Å². The number of nitrogens with zero attached hydrogens (tertiary/aromatic N) is 1. The molecule has 0 radical (unpaired) electrons. The molecule has 0 aliphatic heterocycles. The molecule has 1 aromatic carbocycles. The van der Waals surface area contributed by atoms with Crippen LogP contribution in [0.4, 0.5) is 5.69 Å². The fourth-order valence-electron chi connectivity index (χ4n) is 1.40. The number of hydrogen-bond acceptors (Lipinski definition) is 4. The standard InChI is InChI=1S/C12H20N4O2/c1-9-8-10(18-3)4-5-11(9)15-12(16-13)14-6-7-17-2/h4-5,8H,6-7,13H2,1-3H3,(H2,14,15,16). The molecule has 0 aliphatic carbocycles. The second-order valence-corrected chi connectivity index (χ2v) is 3.67. The van der Waals surface area contributed by atoms with Gasteiger partial charge in [-0.1, -0.05) is 0 Å². The van der Waals surface area contributed by atoms with Crippen molar-refractivity contribution in [2.24, 2.45) is 10.8 Å². The smallest absolute Gasteiger partial charge is 0.210 e. The Morgan fingerprint density at radius 2 is 2.17 bits per heavy atom. The number of aryl methyl sites for hydroxylation is 1. The lowest BCUT2D eigenvalue weighted by molar-refractivity contribution is 0.208. The predicted molar refractivity (Wildman–Crippen MR) is 72.9 cm³/mol. The van der Waals surface area contributed by atoms with Gasteiger partial charge in [0.1, 0.15) is 5.75 Å². The van der Waals surface area contributed by atoms with Crippen molar-refractivity contribution in [3.8, 4) is 5.75 Å². The first-order chi connectivity index (χ1) is 8.71. The van der Waals surface area contributed by atoms with Crippen LogP contribution in [0, 0.1) is 6.92 Å². The summed E-state index contributed by atoms with van der Waals surface area (Å²) >= 11 is 0.